The number of furan rings is 1. The Bertz CT molecular complexity index is 528. The van der Waals surface area contributed by atoms with Crippen molar-refractivity contribution in [1.29, 1.82) is 0 Å². The third-order valence-electron chi connectivity index (χ3n) is 2.62. The molecule has 2 rings (SSSR count). The summed E-state index contributed by atoms with van der Waals surface area (Å²) in [4.78, 5) is 15.2. The van der Waals surface area contributed by atoms with E-state index in [0.29, 0.717) is 18.8 Å². The van der Waals surface area contributed by atoms with Crippen molar-refractivity contribution in [2.75, 3.05) is 6.54 Å². The number of thiophene rings is 1. The van der Waals surface area contributed by atoms with E-state index in [9.17, 15) is 4.79 Å². The van der Waals surface area contributed by atoms with Crippen LogP contribution in [-0.4, -0.2) is 17.4 Å². The zero-order valence-electron chi connectivity index (χ0n) is 10.3. The zero-order valence-corrected chi connectivity index (χ0v) is 11.1. The highest BCUT2D eigenvalue weighted by molar-refractivity contribution is 7.09. The lowest BCUT2D eigenvalue weighted by molar-refractivity contribution is 0.0731. The standard InChI is InChI=1S/C14H15NO2S/c1-3-7-15(10-12-5-4-9-18-12)14(16)13-11(2)6-8-17-13/h3-6,8-9H,1,7,10H2,2H3. The van der Waals surface area contributed by atoms with Gasteiger partial charge in [-0.15, -0.1) is 17.9 Å². The molecule has 0 unspecified atom stereocenters. The lowest BCUT2D eigenvalue weighted by Crippen LogP contribution is -2.30. The van der Waals surface area contributed by atoms with Gasteiger partial charge in [-0.05, 0) is 24.4 Å². The highest BCUT2D eigenvalue weighted by Crippen LogP contribution is 2.17. The first kappa shape index (κ1) is 12.6. The quantitative estimate of drug-likeness (QED) is 0.772. The Kier molecular flexibility index (Phi) is 3.99. The van der Waals surface area contributed by atoms with Gasteiger partial charge in [0.15, 0.2) is 5.76 Å². The number of carbonyl (C=O) groups is 1. The maximum absolute atomic E-state index is 12.3. The first-order chi connectivity index (χ1) is 8.72. The Hall–Kier alpha value is -1.81. The second-order valence-corrected chi connectivity index (χ2v) is 5.02. The molecule has 0 radical (unpaired) electrons. The summed E-state index contributed by atoms with van der Waals surface area (Å²) in [5, 5.41) is 2.00. The summed E-state index contributed by atoms with van der Waals surface area (Å²) in [7, 11) is 0. The van der Waals surface area contributed by atoms with E-state index in [2.05, 4.69) is 6.58 Å². The third kappa shape index (κ3) is 2.71. The predicted octanol–water partition coefficient (Wildman–Crippen LogP) is 3.48. The molecule has 0 spiro atoms. The van der Waals surface area contributed by atoms with Gasteiger partial charge >= 0.3 is 0 Å². The Morgan fingerprint density at radius 2 is 2.39 bits per heavy atom. The van der Waals surface area contributed by atoms with Gasteiger partial charge in [-0.2, -0.15) is 0 Å². The molecule has 0 atom stereocenters. The van der Waals surface area contributed by atoms with Gasteiger partial charge in [0.1, 0.15) is 0 Å². The summed E-state index contributed by atoms with van der Waals surface area (Å²) in [5.74, 6) is 0.319. The second kappa shape index (κ2) is 5.69. The molecule has 0 aliphatic carbocycles. The molecule has 0 bridgehead atoms. The van der Waals surface area contributed by atoms with E-state index in [-0.39, 0.29) is 5.91 Å². The monoisotopic (exact) mass is 261 g/mol. The van der Waals surface area contributed by atoms with Gasteiger partial charge in [0.2, 0.25) is 0 Å². The van der Waals surface area contributed by atoms with Crippen LogP contribution in [0.4, 0.5) is 0 Å². The fourth-order valence-electron chi connectivity index (χ4n) is 1.70. The lowest BCUT2D eigenvalue weighted by Gasteiger charge is -2.19. The minimum absolute atomic E-state index is 0.0919. The smallest absolute Gasteiger partial charge is 0.290 e. The van der Waals surface area contributed by atoms with Gasteiger partial charge < -0.3 is 9.32 Å². The number of amides is 1. The Morgan fingerprint density at radius 1 is 1.56 bits per heavy atom. The molecule has 0 fully saturated rings. The molecule has 4 heteroatoms. The van der Waals surface area contributed by atoms with Crippen LogP contribution in [0.25, 0.3) is 0 Å². The first-order valence-electron chi connectivity index (χ1n) is 5.69. The van der Waals surface area contributed by atoms with Crippen LogP contribution in [0.15, 0.2) is 46.9 Å². The molecule has 1 amide bonds. The van der Waals surface area contributed by atoms with E-state index < -0.39 is 0 Å². The highest BCUT2D eigenvalue weighted by atomic mass is 32.1. The fourth-order valence-corrected chi connectivity index (χ4v) is 2.42. The van der Waals surface area contributed by atoms with Gasteiger partial charge in [0.05, 0.1) is 12.8 Å². The van der Waals surface area contributed by atoms with Crippen LogP contribution in [0, 0.1) is 6.92 Å². The van der Waals surface area contributed by atoms with Gasteiger partial charge in [0.25, 0.3) is 5.91 Å². The molecular weight excluding hydrogens is 246 g/mol. The van der Waals surface area contributed by atoms with Crippen molar-refractivity contribution in [2.45, 2.75) is 13.5 Å². The summed E-state index contributed by atoms with van der Waals surface area (Å²) in [6.07, 6.45) is 3.27. The maximum Gasteiger partial charge on any atom is 0.290 e. The van der Waals surface area contributed by atoms with Crippen molar-refractivity contribution >= 4 is 17.2 Å². The minimum Gasteiger partial charge on any atom is -0.459 e. The molecule has 0 N–H and O–H groups in total. The van der Waals surface area contributed by atoms with Crippen LogP contribution in [0.5, 0.6) is 0 Å². The molecule has 2 aromatic heterocycles. The molecule has 2 heterocycles. The zero-order chi connectivity index (χ0) is 13.0. The minimum atomic E-state index is -0.0919. The normalized spacial score (nSPS) is 10.3. The van der Waals surface area contributed by atoms with Crippen molar-refractivity contribution in [3.05, 3.63) is 58.7 Å². The third-order valence-corrected chi connectivity index (χ3v) is 3.48. The number of hydrogen-bond donors (Lipinski definition) is 0. The molecule has 18 heavy (non-hydrogen) atoms. The Labute approximate surface area is 110 Å². The summed E-state index contributed by atoms with van der Waals surface area (Å²) in [6.45, 7) is 6.66. The topological polar surface area (TPSA) is 33.5 Å². The predicted molar refractivity (Wildman–Crippen MR) is 72.7 cm³/mol. The number of nitrogens with zero attached hydrogens (tertiary/aromatic N) is 1. The number of aryl methyl sites for hydroxylation is 1. The molecule has 0 aliphatic heterocycles. The van der Waals surface area contributed by atoms with Gasteiger partial charge in [-0.3, -0.25) is 4.79 Å². The van der Waals surface area contributed by atoms with Crippen molar-refractivity contribution in [3.63, 3.8) is 0 Å². The fraction of sp³-hybridized carbons (Fsp3) is 0.214. The van der Waals surface area contributed by atoms with E-state index in [4.69, 9.17) is 4.42 Å². The molecule has 0 saturated carbocycles. The number of carbonyl (C=O) groups excluding carboxylic acids is 1. The number of rotatable bonds is 5. The molecule has 0 aliphatic rings. The lowest BCUT2D eigenvalue weighted by atomic mass is 10.2. The number of hydrogen-bond acceptors (Lipinski definition) is 3. The van der Waals surface area contributed by atoms with Gasteiger partial charge in [-0.25, -0.2) is 0 Å². The van der Waals surface area contributed by atoms with Crippen molar-refractivity contribution in [2.24, 2.45) is 0 Å². The van der Waals surface area contributed by atoms with Crippen LogP contribution in [0.2, 0.25) is 0 Å². The average molecular weight is 261 g/mol. The second-order valence-electron chi connectivity index (χ2n) is 3.99. The molecule has 2 aromatic rings. The molecule has 3 nitrogen and oxygen atoms in total. The van der Waals surface area contributed by atoms with E-state index in [1.165, 1.54) is 0 Å². The van der Waals surface area contributed by atoms with Crippen molar-refractivity contribution in [1.82, 2.24) is 4.90 Å². The van der Waals surface area contributed by atoms with E-state index in [1.54, 1.807) is 34.6 Å². The summed E-state index contributed by atoms with van der Waals surface area (Å²) in [6, 6.07) is 5.79. The van der Waals surface area contributed by atoms with Crippen LogP contribution >= 0.6 is 11.3 Å². The Morgan fingerprint density at radius 3 is 2.94 bits per heavy atom. The van der Waals surface area contributed by atoms with Crippen LogP contribution in [0.3, 0.4) is 0 Å². The van der Waals surface area contributed by atoms with Crippen molar-refractivity contribution < 1.29 is 9.21 Å². The summed E-state index contributed by atoms with van der Waals surface area (Å²) < 4.78 is 5.25. The Balaban J connectivity index is 2.17. The molecule has 0 aromatic carbocycles. The maximum atomic E-state index is 12.3. The van der Waals surface area contributed by atoms with Crippen LogP contribution < -0.4 is 0 Å². The van der Waals surface area contributed by atoms with Crippen LogP contribution in [-0.2, 0) is 6.54 Å². The summed E-state index contributed by atoms with van der Waals surface area (Å²) in [5.41, 5.74) is 0.861. The summed E-state index contributed by atoms with van der Waals surface area (Å²) >= 11 is 1.64. The van der Waals surface area contributed by atoms with Crippen molar-refractivity contribution in [3.8, 4) is 0 Å². The largest absolute Gasteiger partial charge is 0.459 e. The molecule has 0 saturated heterocycles. The molecular formula is C14H15NO2S. The van der Waals surface area contributed by atoms with Gasteiger partial charge in [0, 0.05) is 17.0 Å². The van der Waals surface area contributed by atoms with Gasteiger partial charge in [-0.1, -0.05) is 12.1 Å². The first-order valence-corrected chi connectivity index (χ1v) is 6.57. The van der Waals surface area contributed by atoms with E-state index in [1.807, 2.05) is 24.4 Å². The van der Waals surface area contributed by atoms with Crippen LogP contribution in [0.1, 0.15) is 21.0 Å². The highest BCUT2D eigenvalue weighted by Gasteiger charge is 2.20. The average Bonchev–Trinajstić information content (AvgIpc) is 2.99. The molecule has 94 valence electrons. The van der Waals surface area contributed by atoms with E-state index >= 15 is 0 Å². The SMILES string of the molecule is C=CCN(Cc1cccs1)C(=O)c1occc1C. The van der Waals surface area contributed by atoms with E-state index in [0.717, 1.165) is 10.4 Å².